The molecule has 0 radical (unpaired) electrons. The number of hydrogen-bond donors (Lipinski definition) is 0. The van der Waals surface area contributed by atoms with Crippen LogP contribution in [0.15, 0.2) is 150 Å². The van der Waals surface area contributed by atoms with Crippen LogP contribution in [0, 0.1) is 0 Å². The van der Waals surface area contributed by atoms with Crippen molar-refractivity contribution >= 4 is 65.6 Å². The van der Waals surface area contributed by atoms with Crippen molar-refractivity contribution in [1.82, 2.24) is 19.1 Å². The van der Waals surface area contributed by atoms with E-state index >= 15 is 0 Å². The maximum atomic E-state index is 6.85. The van der Waals surface area contributed by atoms with Crippen molar-refractivity contribution in [1.29, 1.82) is 0 Å². The van der Waals surface area contributed by atoms with E-state index in [9.17, 15) is 0 Å². The van der Waals surface area contributed by atoms with E-state index < -0.39 is 0 Å². The lowest BCUT2D eigenvalue weighted by molar-refractivity contribution is 0.671. The molecule has 5 aromatic heterocycles. The molecule has 0 saturated heterocycles. The van der Waals surface area contributed by atoms with Gasteiger partial charge in [0.25, 0.3) is 0 Å². The second-order valence-electron chi connectivity index (χ2n) is 11.4. The van der Waals surface area contributed by atoms with Gasteiger partial charge in [-0.25, -0.2) is 4.98 Å². The van der Waals surface area contributed by atoms with Gasteiger partial charge in [0.05, 0.1) is 33.5 Å². The Labute approximate surface area is 257 Å². The number of fused-ring (bicyclic) bond motifs is 12. The van der Waals surface area contributed by atoms with E-state index in [0.29, 0.717) is 0 Å². The van der Waals surface area contributed by atoms with Gasteiger partial charge in [0.2, 0.25) is 0 Å². The third kappa shape index (κ3) is 3.32. The smallest absolute Gasteiger partial charge is 0.160 e. The highest BCUT2D eigenvalue weighted by Crippen LogP contribution is 2.49. The number of hydrogen-bond acceptors (Lipinski definition) is 3. The van der Waals surface area contributed by atoms with Crippen molar-refractivity contribution in [3.63, 3.8) is 0 Å². The van der Waals surface area contributed by atoms with Crippen LogP contribution in [0.1, 0.15) is 0 Å². The predicted molar refractivity (Wildman–Crippen MR) is 183 cm³/mol. The Morgan fingerprint density at radius 1 is 0.467 bits per heavy atom. The summed E-state index contributed by atoms with van der Waals surface area (Å²) in [4.78, 5) is 9.84. The second-order valence-corrected chi connectivity index (χ2v) is 11.4. The van der Waals surface area contributed by atoms with Crippen molar-refractivity contribution < 1.29 is 4.42 Å². The van der Waals surface area contributed by atoms with Crippen molar-refractivity contribution in [2.24, 2.45) is 0 Å². The normalized spacial score (nSPS) is 12.0. The Morgan fingerprint density at radius 3 is 1.93 bits per heavy atom. The van der Waals surface area contributed by atoms with Crippen molar-refractivity contribution in [3.05, 3.63) is 146 Å². The van der Waals surface area contributed by atoms with Crippen molar-refractivity contribution in [2.75, 3.05) is 0 Å². The number of furan rings is 1. The molecule has 0 aliphatic carbocycles. The van der Waals surface area contributed by atoms with Gasteiger partial charge >= 0.3 is 0 Å². The molecule has 10 aromatic rings. The zero-order chi connectivity index (χ0) is 29.5. The van der Waals surface area contributed by atoms with Crippen LogP contribution in [0.3, 0.4) is 0 Å². The summed E-state index contributed by atoms with van der Waals surface area (Å²) >= 11 is 0. The summed E-state index contributed by atoms with van der Waals surface area (Å²) in [5, 5.41) is 6.84. The molecular weight excluding hydrogens is 552 g/mol. The zero-order valence-electron chi connectivity index (χ0n) is 24.1. The number of benzene rings is 5. The fourth-order valence-electron chi connectivity index (χ4n) is 7.17. The van der Waals surface area contributed by atoms with Crippen LogP contribution in [0.4, 0.5) is 0 Å². The minimum Gasteiger partial charge on any atom is -0.454 e. The molecule has 0 bridgehead atoms. The van der Waals surface area contributed by atoms with Gasteiger partial charge in [-0.2, -0.15) is 0 Å². The predicted octanol–water partition coefficient (Wildman–Crippen LogP) is 10.2. The highest BCUT2D eigenvalue weighted by atomic mass is 16.3. The van der Waals surface area contributed by atoms with Crippen molar-refractivity contribution in [2.45, 2.75) is 0 Å². The van der Waals surface area contributed by atoms with Gasteiger partial charge in [-0.15, -0.1) is 0 Å². The number of rotatable bonds is 3. The van der Waals surface area contributed by atoms with E-state index in [-0.39, 0.29) is 0 Å². The number of para-hydroxylation sites is 4. The monoisotopic (exact) mass is 576 g/mol. The lowest BCUT2D eigenvalue weighted by Crippen LogP contribution is -1.99. The largest absolute Gasteiger partial charge is 0.454 e. The molecule has 0 spiro atoms. The molecule has 0 N–H and O–H groups in total. The minimum absolute atomic E-state index is 0.830. The highest BCUT2D eigenvalue weighted by Gasteiger charge is 2.27. The summed E-state index contributed by atoms with van der Waals surface area (Å²) in [6.45, 7) is 0. The third-order valence-electron chi connectivity index (χ3n) is 8.95. The maximum Gasteiger partial charge on any atom is 0.160 e. The fraction of sp³-hybridized carbons (Fsp3) is 0. The van der Waals surface area contributed by atoms with Gasteiger partial charge < -0.3 is 8.98 Å². The lowest BCUT2D eigenvalue weighted by Gasteiger charge is -2.11. The maximum absolute atomic E-state index is 6.85. The Morgan fingerprint density at radius 2 is 1.13 bits per heavy atom. The van der Waals surface area contributed by atoms with Crippen LogP contribution >= 0.6 is 0 Å². The summed E-state index contributed by atoms with van der Waals surface area (Å²) in [7, 11) is 0. The summed E-state index contributed by atoms with van der Waals surface area (Å²) < 4.78 is 11.5. The standard InChI is InChI=1S/C40H24N4O/c1-2-13-25(14-3-1)43-31-20-7-5-16-27(31)37-38-35(36-28-17-6-9-22-33(28)45-40(36)39(37)43)26-15-4-8-21-32(26)44(38)34-23-12-19-30(42-34)29-18-10-11-24-41-29/h1-24H. The average Bonchev–Trinajstić information content (AvgIpc) is 3.77. The van der Waals surface area contributed by atoms with E-state index in [1.807, 2.05) is 36.5 Å². The molecule has 0 aliphatic heterocycles. The first-order valence-corrected chi connectivity index (χ1v) is 15.1. The molecule has 0 unspecified atom stereocenters. The molecular formula is C40H24N4O. The second kappa shape index (κ2) is 9.15. The van der Waals surface area contributed by atoms with Crippen LogP contribution in [-0.4, -0.2) is 19.1 Å². The third-order valence-corrected chi connectivity index (χ3v) is 8.95. The quantitative estimate of drug-likeness (QED) is 0.210. The Bertz CT molecular complexity index is 2750. The summed E-state index contributed by atoms with van der Waals surface area (Å²) in [5.41, 5.74) is 8.89. The molecule has 0 atom stereocenters. The lowest BCUT2D eigenvalue weighted by atomic mass is 10.0. The molecule has 0 amide bonds. The van der Waals surface area contributed by atoms with E-state index in [1.165, 1.54) is 5.39 Å². The fourth-order valence-corrected chi connectivity index (χ4v) is 7.17. The van der Waals surface area contributed by atoms with Crippen LogP contribution in [0.5, 0.6) is 0 Å². The van der Waals surface area contributed by atoms with E-state index in [0.717, 1.165) is 83.1 Å². The van der Waals surface area contributed by atoms with Crippen LogP contribution in [0.25, 0.3) is 88.4 Å². The van der Waals surface area contributed by atoms with Crippen LogP contribution < -0.4 is 0 Å². The molecule has 0 saturated carbocycles. The molecule has 5 heterocycles. The molecule has 5 heteroatoms. The molecule has 45 heavy (non-hydrogen) atoms. The summed E-state index contributed by atoms with van der Waals surface area (Å²) in [6, 6.07) is 48.4. The molecule has 0 aliphatic rings. The Balaban J connectivity index is 1.51. The van der Waals surface area contributed by atoms with Gasteiger partial charge in [0, 0.05) is 44.2 Å². The average molecular weight is 577 g/mol. The molecule has 0 fully saturated rings. The van der Waals surface area contributed by atoms with Gasteiger partial charge in [-0.1, -0.05) is 84.9 Å². The van der Waals surface area contributed by atoms with Crippen molar-refractivity contribution in [3.8, 4) is 22.9 Å². The van der Waals surface area contributed by atoms with Gasteiger partial charge in [-0.05, 0) is 54.6 Å². The van der Waals surface area contributed by atoms with Gasteiger partial charge in [0.1, 0.15) is 11.4 Å². The van der Waals surface area contributed by atoms with E-state index in [2.05, 4.69) is 123 Å². The first kappa shape index (κ1) is 24.3. The Hall–Kier alpha value is -6.20. The van der Waals surface area contributed by atoms with Gasteiger partial charge in [0.15, 0.2) is 5.58 Å². The van der Waals surface area contributed by atoms with Gasteiger partial charge in [-0.3, -0.25) is 9.55 Å². The minimum atomic E-state index is 0.830. The first-order valence-electron chi connectivity index (χ1n) is 15.1. The summed E-state index contributed by atoms with van der Waals surface area (Å²) in [6.07, 6.45) is 1.81. The molecule has 5 nitrogen and oxygen atoms in total. The SMILES string of the molecule is c1ccc(-n2c3ccccc3c3c2c2oc4ccccc4c2c2c4ccccc4n(-c4cccc(-c5ccccn5)n4)c23)cc1. The summed E-state index contributed by atoms with van der Waals surface area (Å²) in [5.74, 6) is 0.842. The molecule has 5 aromatic carbocycles. The van der Waals surface area contributed by atoms with Crippen LogP contribution in [-0.2, 0) is 0 Å². The molecule has 210 valence electrons. The molecule has 10 rings (SSSR count). The Kier molecular flexibility index (Phi) is 4.93. The number of aromatic nitrogens is 4. The van der Waals surface area contributed by atoms with E-state index in [1.54, 1.807) is 0 Å². The highest BCUT2D eigenvalue weighted by molar-refractivity contribution is 6.39. The zero-order valence-corrected chi connectivity index (χ0v) is 24.1. The van der Waals surface area contributed by atoms with Crippen LogP contribution in [0.2, 0.25) is 0 Å². The number of pyridine rings is 2. The first-order chi connectivity index (χ1) is 22.4. The number of nitrogens with zero attached hydrogens (tertiary/aromatic N) is 4. The topological polar surface area (TPSA) is 48.8 Å². The van der Waals surface area contributed by atoms with E-state index in [4.69, 9.17) is 9.40 Å².